The van der Waals surface area contributed by atoms with Gasteiger partial charge in [0, 0.05) is 0 Å². The molecule has 0 radical (unpaired) electrons. The van der Waals surface area contributed by atoms with Crippen molar-refractivity contribution < 1.29 is 13.2 Å². The molecule has 1 atom stereocenters. The molecule has 0 bridgehead atoms. The number of halogens is 4. The van der Waals surface area contributed by atoms with E-state index in [1.54, 1.807) is 0 Å². The molecular formula is C5H5ClF3N3. The molecule has 1 aromatic heterocycles. The molecule has 68 valence electrons. The monoisotopic (exact) mass is 199 g/mol. The van der Waals surface area contributed by atoms with Gasteiger partial charge in [-0.25, -0.2) is 9.67 Å². The van der Waals surface area contributed by atoms with E-state index < -0.39 is 17.5 Å². The molecular weight excluding hydrogens is 195 g/mol. The van der Waals surface area contributed by atoms with E-state index in [1.165, 1.54) is 6.92 Å². The van der Waals surface area contributed by atoms with Crippen LogP contribution >= 0.6 is 11.6 Å². The third kappa shape index (κ3) is 1.88. The highest BCUT2D eigenvalue weighted by atomic mass is 35.5. The highest BCUT2D eigenvalue weighted by molar-refractivity contribution is 6.18. The molecule has 0 aliphatic heterocycles. The fourth-order valence-electron chi connectivity index (χ4n) is 0.576. The molecule has 0 saturated heterocycles. The van der Waals surface area contributed by atoms with Crippen LogP contribution in [0, 0.1) is 0 Å². The lowest BCUT2D eigenvalue weighted by Gasteiger charge is -2.01. The van der Waals surface area contributed by atoms with Crippen LogP contribution in [0.25, 0.3) is 0 Å². The van der Waals surface area contributed by atoms with Crippen LogP contribution in [0.5, 0.6) is 0 Å². The first-order valence-corrected chi connectivity index (χ1v) is 3.47. The summed E-state index contributed by atoms with van der Waals surface area (Å²) in [6.45, 7) is 1.50. The maximum atomic E-state index is 11.9. The molecule has 12 heavy (non-hydrogen) atoms. The van der Waals surface area contributed by atoms with Crippen molar-refractivity contribution in [3.8, 4) is 0 Å². The number of hydrogen-bond acceptors (Lipinski definition) is 2. The lowest BCUT2D eigenvalue weighted by molar-refractivity contribution is -0.145. The number of hydrogen-bond donors (Lipinski definition) is 0. The number of alkyl halides is 4. The maximum Gasteiger partial charge on any atom is 0.453 e. The second kappa shape index (κ2) is 2.93. The Morgan fingerprint density at radius 1 is 1.58 bits per heavy atom. The summed E-state index contributed by atoms with van der Waals surface area (Å²) in [6.07, 6.45) is -3.56. The summed E-state index contributed by atoms with van der Waals surface area (Å²) in [5, 5.41) is 3.13. The molecule has 0 fully saturated rings. The standard InChI is InChI=1S/C5H5ClF3N3/c1-3(6)12-2-10-4(11-12)5(7,8)9/h2-3H,1H3. The Hall–Kier alpha value is -0.780. The predicted octanol–water partition coefficient (Wildman–Crippen LogP) is 2.05. The molecule has 0 aliphatic rings. The smallest absolute Gasteiger partial charge is 0.235 e. The first-order chi connectivity index (χ1) is 5.41. The third-order valence-corrected chi connectivity index (χ3v) is 1.33. The average molecular weight is 200 g/mol. The summed E-state index contributed by atoms with van der Waals surface area (Å²) in [7, 11) is 0. The summed E-state index contributed by atoms with van der Waals surface area (Å²) < 4.78 is 36.6. The van der Waals surface area contributed by atoms with Gasteiger partial charge in [0.15, 0.2) is 0 Å². The Balaban J connectivity index is 2.92. The minimum atomic E-state index is -4.50. The molecule has 0 N–H and O–H groups in total. The van der Waals surface area contributed by atoms with Crippen molar-refractivity contribution in [1.29, 1.82) is 0 Å². The molecule has 0 aromatic carbocycles. The number of aromatic nitrogens is 3. The van der Waals surface area contributed by atoms with E-state index in [1.807, 2.05) is 0 Å². The molecule has 0 amide bonds. The van der Waals surface area contributed by atoms with Gasteiger partial charge in [0.2, 0.25) is 0 Å². The lowest BCUT2D eigenvalue weighted by atomic mass is 10.6. The summed E-state index contributed by atoms with van der Waals surface area (Å²) >= 11 is 5.46. The van der Waals surface area contributed by atoms with Gasteiger partial charge in [-0.05, 0) is 6.92 Å². The van der Waals surface area contributed by atoms with E-state index >= 15 is 0 Å². The Bertz CT molecular complexity index is 267. The lowest BCUT2D eigenvalue weighted by Crippen LogP contribution is -2.09. The normalized spacial score (nSPS) is 14.8. The Morgan fingerprint density at radius 3 is 2.42 bits per heavy atom. The van der Waals surface area contributed by atoms with E-state index in [4.69, 9.17) is 11.6 Å². The Morgan fingerprint density at radius 2 is 2.17 bits per heavy atom. The van der Waals surface area contributed by atoms with Crippen LogP contribution in [0.3, 0.4) is 0 Å². The molecule has 0 saturated carbocycles. The molecule has 1 unspecified atom stereocenters. The first-order valence-electron chi connectivity index (χ1n) is 3.03. The van der Waals surface area contributed by atoms with Gasteiger partial charge in [-0.3, -0.25) is 0 Å². The highest BCUT2D eigenvalue weighted by Crippen LogP contribution is 2.26. The molecule has 1 heterocycles. The van der Waals surface area contributed by atoms with E-state index in [2.05, 4.69) is 10.1 Å². The van der Waals surface area contributed by atoms with Crippen molar-refractivity contribution in [3.63, 3.8) is 0 Å². The zero-order valence-electron chi connectivity index (χ0n) is 6.01. The van der Waals surface area contributed by atoms with Gasteiger partial charge in [0.05, 0.1) is 0 Å². The van der Waals surface area contributed by atoms with Crippen molar-refractivity contribution in [1.82, 2.24) is 14.8 Å². The fraction of sp³-hybridized carbons (Fsp3) is 0.600. The first kappa shape index (κ1) is 9.31. The van der Waals surface area contributed by atoms with Crippen LogP contribution in [0.1, 0.15) is 18.2 Å². The fourth-order valence-corrected chi connectivity index (χ4v) is 0.670. The minimum Gasteiger partial charge on any atom is -0.235 e. The minimum absolute atomic E-state index is 0.631. The van der Waals surface area contributed by atoms with Crippen molar-refractivity contribution >= 4 is 11.6 Å². The summed E-state index contributed by atoms with van der Waals surface area (Å²) in [4.78, 5) is 3.05. The Kier molecular flexibility index (Phi) is 2.27. The molecule has 0 spiro atoms. The second-order valence-corrected chi connectivity index (χ2v) is 2.75. The topological polar surface area (TPSA) is 30.7 Å². The van der Waals surface area contributed by atoms with Crippen LogP contribution in [0.2, 0.25) is 0 Å². The van der Waals surface area contributed by atoms with Crippen molar-refractivity contribution in [2.45, 2.75) is 18.6 Å². The average Bonchev–Trinajstić information content (AvgIpc) is 2.30. The van der Waals surface area contributed by atoms with Crippen LogP contribution in [-0.4, -0.2) is 14.8 Å². The maximum absolute atomic E-state index is 11.9. The van der Waals surface area contributed by atoms with Gasteiger partial charge in [0.25, 0.3) is 5.82 Å². The van der Waals surface area contributed by atoms with Crippen LogP contribution in [0.4, 0.5) is 13.2 Å². The molecule has 1 rings (SSSR count). The van der Waals surface area contributed by atoms with E-state index in [0.717, 1.165) is 11.0 Å². The molecule has 1 aromatic rings. The predicted molar refractivity (Wildman–Crippen MR) is 35.6 cm³/mol. The van der Waals surface area contributed by atoms with Crippen molar-refractivity contribution in [2.24, 2.45) is 0 Å². The number of rotatable bonds is 1. The van der Waals surface area contributed by atoms with Crippen molar-refractivity contribution in [3.05, 3.63) is 12.2 Å². The molecule has 3 nitrogen and oxygen atoms in total. The third-order valence-electron chi connectivity index (χ3n) is 1.13. The zero-order valence-corrected chi connectivity index (χ0v) is 6.76. The van der Waals surface area contributed by atoms with Crippen molar-refractivity contribution in [2.75, 3.05) is 0 Å². The van der Waals surface area contributed by atoms with Gasteiger partial charge in [0.1, 0.15) is 11.8 Å². The summed E-state index contributed by atoms with van der Waals surface area (Å²) in [6, 6.07) is 0. The largest absolute Gasteiger partial charge is 0.453 e. The van der Waals surface area contributed by atoms with E-state index in [0.29, 0.717) is 0 Å². The summed E-state index contributed by atoms with van der Waals surface area (Å²) in [5.74, 6) is -1.17. The second-order valence-electron chi connectivity index (χ2n) is 2.12. The van der Waals surface area contributed by atoms with Crippen LogP contribution < -0.4 is 0 Å². The van der Waals surface area contributed by atoms with Gasteiger partial charge in [-0.15, -0.1) is 5.10 Å². The highest BCUT2D eigenvalue weighted by Gasteiger charge is 2.35. The van der Waals surface area contributed by atoms with Crippen LogP contribution in [-0.2, 0) is 6.18 Å². The molecule has 7 heteroatoms. The SMILES string of the molecule is CC(Cl)n1cnc(C(F)(F)F)n1. The zero-order chi connectivity index (χ0) is 9.35. The summed E-state index contributed by atoms with van der Waals surface area (Å²) in [5.41, 5.74) is -0.631. The van der Waals surface area contributed by atoms with Gasteiger partial charge < -0.3 is 0 Å². The Labute approximate surface area is 71.2 Å². The van der Waals surface area contributed by atoms with Crippen LogP contribution in [0.15, 0.2) is 6.33 Å². The molecule has 0 aliphatic carbocycles. The quantitative estimate of drug-likeness (QED) is 0.648. The van der Waals surface area contributed by atoms with Gasteiger partial charge in [-0.1, -0.05) is 11.6 Å². The number of nitrogens with zero attached hydrogens (tertiary/aromatic N) is 3. The van der Waals surface area contributed by atoms with E-state index in [9.17, 15) is 13.2 Å². The van der Waals surface area contributed by atoms with Gasteiger partial charge >= 0.3 is 6.18 Å². The van der Waals surface area contributed by atoms with E-state index in [-0.39, 0.29) is 0 Å². The van der Waals surface area contributed by atoms with Gasteiger partial charge in [-0.2, -0.15) is 13.2 Å².